The van der Waals surface area contributed by atoms with E-state index in [0.29, 0.717) is 6.54 Å². The van der Waals surface area contributed by atoms with Crippen LogP contribution in [0.25, 0.3) is 6.08 Å². The number of carbonyl (C=O) groups excluding carboxylic acids is 1. The quantitative estimate of drug-likeness (QED) is 0.458. The number of nitrogens with one attached hydrogen (secondary N) is 2. The highest BCUT2D eigenvalue weighted by Gasteiger charge is 2.27. The van der Waals surface area contributed by atoms with Crippen molar-refractivity contribution in [2.45, 2.75) is 50.0 Å². The zero-order valence-electron chi connectivity index (χ0n) is 15.8. The van der Waals surface area contributed by atoms with Gasteiger partial charge in [0.05, 0.1) is 9.90 Å². The minimum atomic E-state index is -3.44. The number of nitrogens with zero attached hydrogens (tertiary/aromatic N) is 1. The molecular formula is C20H25N3O3S2. The van der Waals surface area contributed by atoms with Gasteiger partial charge in [-0.15, -0.1) is 11.3 Å². The summed E-state index contributed by atoms with van der Waals surface area (Å²) in [5, 5.41) is 6.05. The van der Waals surface area contributed by atoms with Crippen LogP contribution in [-0.2, 0) is 21.2 Å². The number of thiazole rings is 1. The Labute approximate surface area is 170 Å². The molecule has 1 aliphatic carbocycles. The molecule has 1 saturated carbocycles. The molecule has 1 fully saturated rings. The molecule has 28 heavy (non-hydrogen) atoms. The molecule has 0 aliphatic heterocycles. The predicted octanol–water partition coefficient (Wildman–Crippen LogP) is 3.04. The Morgan fingerprint density at radius 3 is 2.64 bits per heavy atom. The third kappa shape index (κ3) is 6.54. The van der Waals surface area contributed by atoms with Gasteiger partial charge in [-0.05, 0) is 62.8 Å². The van der Waals surface area contributed by atoms with Gasteiger partial charge in [0.15, 0.2) is 0 Å². The van der Waals surface area contributed by atoms with E-state index >= 15 is 0 Å². The van der Waals surface area contributed by atoms with Gasteiger partial charge in [0, 0.05) is 29.7 Å². The maximum Gasteiger partial charge on any atom is 0.243 e. The van der Waals surface area contributed by atoms with Crippen LogP contribution < -0.4 is 10.0 Å². The van der Waals surface area contributed by atoms with Crippen LogP contribution in [0.1, 0.15) is 41.9 Å². The van der Waals surface area contributed by atoms with E-state index < -0.39 is 10.0 Å². The van der Waals surface area contributed by atoms with Gasteiger partial charge >= 0.3 is 0 Å². The summed E-state index contributed by atoms with van der Waals surface area (Å²) in [5.74, 6) is -0.155. The van der Waals surface area contributed by atoms with Crippen molar-refractivity contribution in [1.82, 2.24) is 15.0 Å². The van der Waals surface area contributed by atoms with Crippen molar-refractivity contribution in [3.8, 4) is 0 Å². The summed E-state index contributed by atoms with van der Waals surface area (Å²) < 4.78 is 26.9. The minimum absolute atomic E-state index is 0.0824. The van der Waals surface area contributed by atoms with E-state index in [1.165, 1.54) is 6.08 Å². The molecule has 1 aliphatic rings. The first kappa shape index (κ1) is 20.7. The van der Waals surface area contributed by atoms with Gasteiger partial charge in [-0.25, -0.2) is 18.1 Å². The molecule has 1 aromatic heterocycles. The second-order valence-corrected chi connectivity index (χ2v) is 9.59. The number of aryl methyl sites for hydroxylation is 2. The van der Waals surface area contributed by atoms with Crippen molar-refractivity contribution in [2.75, 3.05) is 6.54 Å². The molecule has 0 unspecified atom stereocenters. The number of sulfonamides is 1. The average molecular weight is 420 g/mol. The Balaban J connectivity index is 1.38. The summed E-state index contributed by atoms with van der Waals surface area (Å²) in [7, 11) is -3.44. The van der Waals surface area contributed by atoms with Crippen LogP contribution >= 0.6 is 11.3 Å². The smallest absolute Gasteiger partial charge is 0.243 e. The molecule has 1 aromatic carbocycles. The average Bonchev–Trinajstić information content (AvgIpc) is 3.37. The Morgan fingerprint density at radius 1 is 1.25 bits per heavy atom. The fraction of sp³-hybridized carbons (Fsp3) is 0.400. The van der Waals surface area contributed by atoms with Gasteiger partial charge in [-0.2, -0.15) is 0 Å². The van der Waals surface area contributed by atoms with Gasteiger partial charge in [-0.1, -0.05) is 12.1 Å². The van der Waals surface area contributed by atoms with Crippen LogP contribution in [-0.4, -0.2) is 31.9 Å². The lowest BCUT2D eigenvalue weighted by Crippen LogP contribution is -2.25. The van der Waals surface area contributed by atoms with E-state index in [1.807, 2.05) is 12.3 Å². The lowest BCUT2D eigenvalue weighted by atomic mass is 10.2. The van der Waals surface area contributed by atoms with Crippen LogP contribution in [0.3, 0.4) is 0 Å². The standard InChI is InChI=1S/C20H25N3O3S2/c1-15-14-27-20(22-15)4-2-3-13-21-19(24)12-7-16-5-10-18(11-6-16)28(25,26)23-17-8-9-17/h5-7,10-12,14,17,23H,2-4,8-9,13H2,1H3,(H,21,24)/b12-7+. The summed E-state index contributed by atoms with van der Waals surface area (Å²) in [6.45, 7) is 2.61. The largest absolute Gasteiger partial charge is 0.353 e. The van der Waals surface area contributed by atoms with E-state index in [-0.39, 0.29) is 16.8 Å². The molecule has 1 heterocycles. The summed E-state index contributed by atoms with van der Waals surface area (Å²) in [6, 6.07) is 6.59. The fourth-order valence-electron chi connectivity index (χ4n) is 2.61. The highest BCUT2D eigenvalue weighted by Crippen LogP contribution is 2.22. The van der Waals surface area contributed by atoms with E-state index in [0.717, 1.165) is 48.4 Å². The molecule has 150 valence electrons. The Bertz CT molecular complexity index is 930. The highest BCUT2D eigenvalue weighted by molar-refractivity contribution is 7.89. The molecule has 0 atom stereocenters. The van der Waals surface area contributed by atoms with Crippen molar-refractivity contribution >= 4 is 33.3 Å². The maximum atomic E-state index is 12.1. The summed E-state index contributed by atoms with van der Waals surface area (Å²) >= 11 is 1.68. The number of rotatable bonds is 10. The molecule has 3 rings (SSSR count). The second kappa shape index (κ2) is 9.45. The number of hydrogen-bond acceptors (Lipinski definition) is 5. The lowest BCUT2D eigenvalue weighted by molar-refractivity contribution is -0.116. The first-order chi connectivity index (χ1) is 13.4. The Morgan fingerprint density at radius 2 is 2.00 bits per heavy atom. The number of hydrogen-bond donors (Lipinski definition) is 2. The number of amides is 1. The molecular weight excluding hydrogens is 394 g/mol. The van der Waals surface area contributed by atoms with Crippen LogP contribution in [0.2, 0.25) is 0 Å². The Hall–Kier alpha value is -2.03. The SMILES string of the molecule is Cc1csc(CCCCNC(=O)/C=C/c2ccc(S(=O)(=O)NC3CC3)cc2)n1. The predicted molar refractivity (Wildman–Crippen MR) is 112 cm³/mol. The number of carbonyl (C=O) groups is 1. The third-order valence-electron chi connectivity index (χ3n) is 4.30. The Kier molecular flexibility index (Phi) is 6.98. The van der Waals surface area contributed by atoms with Gasteiger partial charge in [-0.3, -0.25) is 4.79 Å². The van der Waals surface area contributed by atoms with E-state index in [1.54, 1.807) is 41.7 Å². The van der Waals surface area contributed by atoms with Gasteiger partial charge in [0.2, 0.25) is 15.9 Å². The van der Waals surface area contributed by atoms with E-state index in [9.17, 15) is 13.2 Å². The second-order valence-electron chi connectivity index (χ2n) is 6.93. The highest BCUT2D eigenvalue weighted by atomic mass is 32.2. The van der Waals surface area contributed by atoms with Crippen molar-refractivity contribution < 1.29 is 13.2 Å². The van der Waals surface area contributed by atoms with Crippen LogP contribution in [0.5, 0.6) is 0 Å². The van der Waals surface area contributed by atoms with Gasteiger partial charge in [0.25, 0.3) is 0 Å². The molecule has 0 saturated heterocycles. The number of unbranched alkanes of at least 4 members (excludes halogenated alkanes) is 1. The van der Waals surface area contributed by atoms with Crippen molar-refractivity contribution in [3.05, 3.63) is 52.0 Å². The molecule has 0 radical (unpaired) electrons. The maximum absolute atomic E-state index is 12.1. The first-order valence-corrected chi connectivity index (χ1v) is 11.8. The molecule has 2 aromatic rings. The number of aromatic nitrogens is 1. The molecule has 0 bridgehead atoms. The van der Waals surface area contributed by atoms with Crippen LogP contribution in [0.15, 0.2) is 40.6 Å². The van der Waals surface area contributed by atoms with Crippen molar-refractivity contribution in [1.29, 1.82) is 0 Å². The first-order valence-electron chi connectivity index (χ1n) is 9.42. The zero-order valence-corrected chi connectivity index (χ0v) is 17.5. The normalized spacial score (nSPS) is 14.5. The van der Waals surface area contributed by atoms with Crippen LogP contribution in [0.4, 0.5) is 0 Å². The summed E-state index contributed by atoms with van der Waals surface area (Å²) in [5.41, 5.74) is 1.84. The number of benzene rings is 1. The van der Waals surface area contributed by atoms with E-state index in [4.69, 9.17) is 0 Å². The van der Waals surface area contributed by atoms with Gasteiger partial charge in [0.1, 0.15) is 0 Å². The molecule has 0 spiro atoms. The molecule has 2 N–H and O–H groups in total. The van der Waals surface area contributed by atoms with E-state index in [2.05, 4.69) is 15.0 Å². The minimum Gasteiger partial charge on any atom is -0.353 e. The topological polar surface area (TPSA) is 88.2 Å². The monoisotopic (exact) mass is 419 g/mol. The fourth-order valence-corrected chi connectivity index (χ4v) is 4.73. The zero-order chi connectivity index (χ0) is 20.0. The molecule has 1 amide bonds. The molecule has 6 nitrogen and oxygen atoms in total. The molecule has 8 heteroatoms. The van der Waals surface area contributed by atoms with Crippen LogP contribution in [0, 0.1) is 6.92 Å². The lowest BCUT2D eigenvalue weighted by Gasteiger charge is -2.05. The summed E-state index contributed by atoms with van der Waals surface area (Å²) in [6.07, 6.45) is 7.78. The van der Waals surface area contributed by atoms with Crippen molar-refractivity contribution in [2.24, 2.45) is 0 Å². The third-order valence-corrected chi connectivity index (χ3v) is 6.86. The van der Waals surface area contributed by atoms with Crippen molar-refractivity contribution in [3.63, 3.8) is 0 Å². The summed E-state index contributed by atoms with van der Waals surface area (Å²) in [4.78, 5) is 16.6. The van der Waals surface area contributed by atoms with Gasteiger partial charge < -0.3 is 5.32 Å².